The Hall–Kier alpha value is -1.63. The molecule has 1 unspecified atom stereocenters. The van der Waals surface area contributed by atoms with Gasteiger partial charge in [-0.3, -0.25) is 0 Å². The van der Waals surface area contributed by atoms with Crippen molar-refractivity contribution in [3.05, 3.63) is 29.0 Å². The molecule has 2 aromatic rings. The van der Waals surface area contributed by atoms with E-state index in [9.17, 15) is 0 Å². The summed E-state index contributed by atoms with van der Waals surface area (Å²) in [5.41, 5.74) is 5.91. The van der Waals surface area contributed by atoms with Crippen LogP contribution in [-0.2, 0) is 10.3 Å². The lowest BCUT2D eigenvalue weighted by atomic mass is 10.1. The predicted molar refractivity (Wildman–Crippen MR) is 74.7 cm³/mol. The smallest absolute Gasteiger partial charge is 0.261 e. The minimum absolute atomic E-state index is 0.281. The first-order valence-corrected chi connectivity index (χ1v) is 6.31. The highest BCUT2D eigenvalue weighted by molar-refractivity contribution is 6.30. The molecule has 1 aromatic heterocycles. The van der Waals surface area contributed by atoms with Crippen molar-refractivity contribution in [2.75, 3.05) is 20.8 Å². The molecule has 108 valence electrons. The van der Waals surface area contributed by atoms with E-state index < -0.39 is 5.54 Å². The highest BCUT2D eigenvalue weighted by atomic mass is 35.5. The largest absolute Gasteiger partial charge is 0.496 e. The molecule has 2 rings (SSSR count). The van der Waals surface area contributed by atoms with Crippen molar-refractivity contribution in [3.8, 4) is 17.2 Å². The van der Waals surface area contributed by atoms with E-state index in [-0.39, 0.29) is 6.61 Å². The molecule has 1 atom stereocenters. The summed E-state index contributed by atoms with van der Waals surface area (Å²) >= 11 is 5.92. The first-order valence-electron chi connectivity index (χ1n) is 5.94. The van der Waals surface area contributed by atoms with Gasteiger partial charge in [-0.25, -0.2) is 0 Å². The number of methoxy groups -OCH3 is 2. The number of aromatic nitrogens is 2. The van der Waals surface area contributed by atoms with Crippen LogP contribution in [0.25, 0.3) is 11.5 Å². The Bertz CT molecular complexity index is 598. The van der Waals surface area contributed by atoms with Gasteiger partial charge in [0.1, 0.15) is 11.3 Å². The third kappa shape index (κ3) is 2.92. The quantitative estimate of drug-likeness (QED) is 0.911. The van der Waals surface area contributed by atoms with Crippen LogP contribution in [0, 0.1) is 0 Å². The fourth-order valence-corrected chi connectivity index (χ4v) is 1.93. The fourth-order valence-electron chi connectivity index (χ4n) is 1.77. The number of benzene rings is 1. The summed E-state index contributed by atoms with van der Waals surface area (Å²) in [6.07, 6.45) is 0. The lowest BCUT2D eigenvalue weighted by molar-refractivity contribution is 0.135. The molecular weight excluding hydrogens is 282 g/mol. The zero-order valence-corrected chi connectivity index (χ0v) is 12.3. The molecule has 0 saturated carbocycles. The van der Waals surface area contributed by atoms with Gasteiger partial charge < -0.3 is 19.7 Å². The second kappa shape index (κ2) is 5.78. The molecule has 0 bridgehead atoms. The van der Waals surface area contributed by atoms with Gasteiger partial charge in [0, 0.05) is 12.1 Å². The van der Waals surface area contributed by atoms with Crippen molar-refractivity contribution in [1.82, 2.24) is 10.1 Å². The lowest BCUT2D eigenvalue weighted by Crippen LogP contribution is -2.38. The molecule has 7 heteroatoms. The van der Waals surface area contributed by atoms with Crippen LogP contribution in [0.5, 0.6) is 5.75 Å². The first kappa shape index (κ1) is 14.8. The van der Waals surface area contributed by atoms with E-state index in [4.69, 9.17) is 31.3 Å². The molecule has 0 aliphatic heterocycles. The summed E-state index contributed by atoms with van der Waals surface area (Å²) in [6.45, 7) is 2.05. The van der Waals surface area contributed by atoms with Crippen molar-refractivity contribution in [2.24, 2.45) is 5.73 Å². The van der Waals surface area contributed by atoms with Gasteiger partial charge in [-0.05, 0) is 25.1 Å². The number of nitrogens with two attached hydrogens (primary N) is 1. The molecule has 1 aromatic carbocycles. The molecule has 0 radical (unpaired) electrons. The van der Waals surface area contributed by atoms with E-state index in [1.807, 2.05) is 0 Å². The maximum atomic E-state index is 6.07. The van der Waals surface area contributed by atoms with Gasteiger partial charge in [0.25, 0.3) is 5.89 Å². The van der Waals surface area contributed by atoms with E-state index in [0.717, 1.165) is 0 Å². The van der Waals surface area contributed by atoms with Crippen LogP contribution in [0.1, 0.15) is 12.7 Å². The summed E-state index contributed by atoms with van der Waals surface area (Å²) in [7, 11) is 3.11. The molecule has 0 spiro atoms. The SMILES string of the molecule is COCC(C)(N)c1noc(-c2ccc(Cl)cc2OC)n1. The maximum absolute atomic E-state index is 6.07. The highest BCUT2D eigenvalue weighted by Crippen LogP contribution is 2.32. The van der Waals surface area contributed by atoms with Gasteiger partial charge in [-0.2, -0.15) is 4.98 Å². The van der Waals surface area contributed by atoms with Crippen LogP contribution < -0.4 is 10.5 Å². The summed E-state index contributed by atoms with van der Waals surface area (Å²) in [6, 6.07) is 5.15. The Kier molecular flexibility index (Phi) is 4.27. The summed E-state index contributed by atoms with van der Waals surface area (Å²) in [4.78, 5) is 4.30. The van der Waals surface area contributed by atoms with Crippen molar-refractivity contribution in [1.29, 1.82) is 0 Å². The van der Waals surface area contributed by atoms with Crippen molar-refractivity contribution in [2.45, 2.75) is 12.5 Å². The van der Waals surface area contributed by atoms with Crippen LogP contribution >= 0.6 is 11.6 Å². The van der Waals surface area contributed by atoms with Gasteiger partial charge in [-0.1, -0.05) is 16.8 Å². The maximum Gasteiger partial charge on any atom is 0.261 e. The Morgan fingerprint density at radius 2 is 2.15 bits per heavy atom. The molecule has 0 aliphatic rings. The molecule has 0 saturated heterocycles. The molecule has 2 N–H and O–H groups in total. The van der Waals surface area contributed by atoms with Gasteiger partial charge in [0.2, 0.25) is 0 Å². The number of hydrogen-bond acceptors (Lipinski definition) is 6. The minimum atomic E-state index is -0.823. The van der Waals surface area contributed by atoms with Crippen molar-refractivity contribution >= 4 is 11.6 Å². The van der Waals surface area contributed by atoms with E-state index in [1.54, 1.807) is 39.3 Å². The Morgan fingerprint density at radius 1 is 1.40 bits per heavy atom. The Balaban J connectivity index is 2.38. The molecule has 20 heavy (non-hydrogen) atoms. The van der Waals surface area contributed by atoms with E-state index in [1.165, 1.54) is 0 Å². The minimum Gasteiger partial charge on any atom is -0.496 e. The normalized spacial score (nSPS) is 14.1. The summed E-state index contributed by atoms with van der Waals surface area (Å²) in [5, 5.41) is 4.46. The van der Waals surface area contributed by atoms with E-state index in [0.29, 0.717) is 28.1 Å². The third-order valence-corrected chi connectivity index (χ3v) is 3.01. The van der Waals surface area contributed by atoms with Crippen LogP contribution in [0.3, 0.4) is 0 Å². The van der Waals surface area contributed by atoms with Gasteiger partial charge in [0.05, 0.1) is 19.3 Å². The zero-order chi connectivity index (χ0) is 14.8. The lowest BCUT2D eigenvalue weighted by Gasteiger charge is -2.18. The fraction of sp³-hybridized carbons (Fsp3) is 0.385. The first-order chi connectivity index (χ1) is 9.47. The second-order valence-electron chi connectivity index (χ2n) is 4.62. The number of hydrogen-bond donors (Lipinski definition) is 1. The molecule has 6 nitrogen and oxygen atoms in total. The van der Waals surface area contributed by atoms with Gasteiger partial charge in [0.15, 0.2) is 5.82 Å². The molecule has 0 aliphatic carbocycles. The van der Waals surface area contributed by atoms with Crippen LogP contribution in [-0.4, -0.2) is 31.0 Å². The third-order valence-electron chi connectivity index (χ3n) is 2.78. The number of nitrogens with zero attached hydrogens (tertiary/aromatic N) is 2. The molecule has 0 amide bonds. The second-order valence-corrected chi connectivity index (χ2v) is 5.05. The van der Waals surface area contributed by atoms with Crippen LogP contribution in [0.2, 0.25) is 5.02 Å². The van der Waals surface area contributed by atoms with Gasteiger partial charge >= 0.3 is 0 Å². The average molecular weight is 298 g/mol. The number of rotatable bonds is 5. The molecule has 0 fully saturated rings. The average Bonchev–Trinajstić information content (AvgIpc) is 2.88. The van der Waals surface area contributed by atoms with Crippen molar-refractivity contribution in [3.63, 3.8) is 0 Å². The predicted octanol–water partition coefficient (Wildman–Crippen LogP) is 2.22. The molecule has 1 heterocycles. The zero-order valence-electron chi connectivity index (χ0n) is 11.5. The topological polar surface area (TPSA) is 83.4 Å². The van der Waals surface area contributed by atoms with E-state index >= 15 is 0 Å². The Morgan fingerprint density at radius 3 is 2.80 bits per heavy atom. The Labute approximate surface area is 121 Å². The van der Waals surface area contributed by atoms with Gasteiger partial charge in [-0.15, -0.1) is 0 Å². The highest BCUT2D eigenvalue weighted by Gasteiger charge is 2.28. The number of halogens is 1. The summed E-state index contributed by atoms with van der Waals surface area (Å²) < 4.78 is 15.5. The van der Waals surface area contributed by atoms with Crippen LogP contribution in [0.15, 0.2) is 22.7 Å². The van der Waals surface area contributed by atoms with Crippen LogP contribution in [0.4, 0.5) is 0 Å². The standard InChI is InChI=1S/C13H16ClN3O3/c1-13(15,7-18-2)12-16-11(20-17-12)9-5-4-8(14)6-10(9)19-3/h4-6H,7,15H2,1-3H3. The monoisotopic (exact) mass is 297 g/mol. The van der Waals surface area contributed by atoms with E-state index in [2.05, 4.69) is 10.1 Å². The number of ether oxygens (including phenoxy) is 2. The summed E-state index contributed by atoms with van der Waals surface area (Å²) in [5.74, 6) is 1.24. The molecular formula is C13H16ClN3O3. The van der Waals surface area contributed by atoms with Crippen molar-refractivity contribution < 1.29 is 14.0 Å².